The number of anilines is 1. The van der Waals surface area contributed by atoms with Crippen LogP contribution >= 0.6 is 0 Å². The zero-order valence-corrected chi connectivity index (χ0v) is 17.9. The number of pyridine rings is 1. The molecule has 4 rings (SSSR count). The third kappa shape index (κ3) is 4.59. The average molecular weight is 430 g/mol. The van der Waals surface area contributed by atoms with Crippen molar-refractivity contribution in [1.29, 1.82) is 0 Å². The first-order chi connectivity index (χ1) is 15.4. The smallest absolute Gasteiger partial charge is 0.270 e. The first-order valence-corrected chi connectivity index (χ1v) is 10.0. The van der Waals surface area contributed by atoms with Crippen LogP contribution in [0.3, 0.4) is 0 Å². The van der Waals surface area contributed by atoms with Crippen molar-refractivity contribution >= 4 is 17.5 Å². The van der Waals surface area contributed by atoms with E-state index in [0.29, 0.717) is 45.6 Å². The molecule has 2 N–H and O–H groups in total. The molecule has 0 aliphatic carbocycles. The van der Waals surface area contributed by atoms with Gasteiger partial charge in [-0.15, -0.1) is 0 Å². The molecule has 32 heavy (non-hydrogen) atoms. The number of furan rings is 1. The molecule has 3 heterocycles. The SMILES string of the molecule is Cc1cccc(C(=O)NCc2nc(-c3cccc(NC(=O)c4ccoc4C)c3)oc2C)n1. The number of oxazole rings is 1. The van der Waals surface area contributed by atoms with Gasteiger partial charge in [-0.25, -0.2) is 9.97 Å². The van der Waals surface area contributed by atoms with Gasteiger partial charge in [-0.05, 0) is 57.2 Å². The molecule has 0 spiro atoms. The van der Waals surface area contributed by atoms with E-state index < -0.39 is 0 Å². The maximum Gasteiger partial charge on any atom is 0.270 e. The van der Waals surface area contributed by atoms with Crippen LogP contribution in [0.2, 0.25) is 0 Å². The largest absolute Gasteiger partial charge is 0.469 e. The summed E-state index contributed by atoms with van der Waals surface area (Å²) in [4.78, 5) is 33.5. The van der Waals surface area contributed by atoms with Gasteiger partial charge < -0.3 is 19.5 Å². The lowest BCUT2D eigenvalue weighted by atomic mass is 10.2. The summed E-state index contributed by atoms with van der Waals surface area (Å²) in [5.74, 6) is 1.01. The van der Waals surface area contributed by atoms with Crippen molar-refractivity contribution in [2.24, 2.45) is 0 Å². The fourth-order valence-corrected chi connectivity index (χ4v) is 3.19. The lowest BCUT2D eigenvalue weighted by Crippen LogP contribution is -2.24. The van der Waals surface area contributed by atoms with E-state index in [0.717, 1.165) is 5.69 Å². The fraction of sp³-hybridized carbons (Fsp3) is 0.167. The summed E-state index contributed by atoms with van der Waals surface area (Å²) >= 11 is 0. The Hall–Kier alpha value is -4.20. The molecule has 0 aliphatic heterocycles. The summed E-state index contributed by atoms with van der Waals surface area (Å²) in [6.45, 7) is 5.56. The van der Waals surface area contributed by atoms with Crippen molar-refractivity contribution in [2.75, 3.05) is 5.32 Å². The van der Waals surface area contributed by atoms with Crippen LogP contribution in [0, 0.1) is 20.8 Å². The van der Waals surface area contributed by atoms with E-state index in [1.807, 2.05) is 19.1 Å². The Labute approximate surface area is 184 Å². The summed E-state index contributed by atoms with van der Waals surface area (Å²) in [7, 11) is 0. The number of nitrogens with zero attached hydrogens (tertiary/aromatic N) is 2. The van der Waals surface area contributed by atoms with Gasteiger partial charge in [0.2, 0.25) is 5.89 Å². The molecule has 0 radical (unpaired) electrons. The molecule has 0 fully saturated rings. The van der Waals surface area contributed by atoms with E-state index >= 15 is 0 Å². The van der Waals surface area contributed by atoms with Crippen molar-refractivity contribution in [3.05, 3.63) is 89.0 Å². The molecule has 162 valence electrons. The maximum absolute atomic E-state index is 12.4. The molecule has 4 aromatic rings. The minimum absolute atomic E-state index is 0.208. The Morgan fingerprint density at radius 3 is 2.50 bits per heavy atom. The van der Waals surface area contributed by atoms with Crippen LogP contribution in [0.5, 0.6) is 0 Å². The number of amides is 2. The highest BCUT2D eigenvalue weighted by atomic mass is 16.4. The van der Waals surface area contributed by atoms with Crippen molar-refractivity contribution < 1.29 is 18.4 Å². The van der Waals surface area contributed by atoms with Crippen molar-refractivity contribution in [3.63, 3.8) is 0 Å². The third-order valence-corrected chi connectivity index (χ3v) is 4.90. The van der Waals surface area contributed by atoms with Gasteiger partial charge in [0.1, 0.15) is 22.9 Å². The molecule has 0 bridgehead atoms. The van der Waals surface area contributed by atoms with E-state index in [2.05, 4.69) is 20.6 Å². The van der Waals surface area contributed by atoms with Crippen molar-refractivity contribution in [1.82, 2.24) is 15.3 Å². The quantitative estimate of drug-likeness (QED) is 0.468. The van der Waals surface area contributed by atoms with Crippen LogP contribution in [-0.2, 0) is 6.54 Å². The van der Waals surface area contributed by atoms with Gasteiger partial charge in [-0.2, -0.15) is 0 Å². The standard InChI is InChI=1S/C24H22N4O4/c1-14-6-4-9-20(26-14)23(30)25-13-21-16(3)32-24(28-21)17-7-5-8-18(12-17)27-22(29)19-10-11-31-15(19)2/h4-12H,13H2,1-3H3,(H,25,30)(H,27,29). The van der Waals surface area contributed by atoms with E-state index in [4.69, 9.17) is 8.83 Å². The topological polar surface area (TPSA) is 110 Å². The van der Waals surface area contributed by atoms with E-state index in [1.165, 1.54) is 6.26 Å². The Morgan fingerprint density at radius 2 is 1.75 bits per heavy atom. The monoisotopic (exact) mass is 430 g/mol. The van der Waals surface area contributed by atoms with Crippen LogP contribution < -0.4 is 10.6 Å². The number of benzene rings is 1. The zero-order valence-electron chi connectivity index (χ0n) is 17.9. The number of carbonyl (C=O) groups excluding carboxylic acids is 2. The Balaban J connectivity index is 1.46. The summed E-state index contributed by atoms with van der Waals surface area (Å²) in [6, 6.07) is 14.1. The summed E-state index contributed by atoms with van der Waals surface area (Å²) < 4.78 is 11.0. The Bertz CT molecular complexity index is 1290. The zero-order chi connectivity index (χ0) is 22.7. The highest BCUT2D eigenvalue weighted by Crippen LogP contribution is 2.25. The average Bonchev–Trinajstić information content (AvgIpc) is 3.37. The van der Waals surface area contributed by atoms with E-state index in [9.17, 15) is 9.59 Å². The Morgan fingerprint density at radius 1 is 0.938 bits per heavy atom. The van der Waals surface area contributed by atoms with Crippen LogP contribution in [-0.4, -0.2) is 21.8 Å². The molecule has 0 saturated carbocycles. The van der Waals surface area contributed by atoms with Crippen LogP contribution in [0.4, 0.5) is 5.69 Å². The predicted molar refractivity (Wildman–Crippen MR) is 118 cm³/mol. The highest BCUT2D eigenvalue weighted by Gasteiger charge is 2.16. The number of aryl methyl sites for hydroxylation is 3. The summed E-state index contributed by atoms with van der Waals surface area (Å²) in [6.07, 6.45) is 1.48. The molecule has 8 nitrogen and oxygen atoms in total. The minimum atomic E-state index is -0.281. The second-order valence-electron chi connectivity index (χ2n) is 7.29. The van der Waals surface area contributed by atoms with Gasteiger partial charge >= 0.3 is 0 Å². The van der Waals surface area contributed by atoms with Gasteiger partial charge in [-0.3, -0.25) is 9.59 Å². The summed E-state index contributed by atoms with van der Waals surface area (Å²) in [5, 5.41) is 5.66. The number of hydrogen-bond donors (Lipinski definition) is 2. The fourth-order valence-electron chi connectivity index (χ4n) is 3.19. The van der Waals surface area contributed by atoms with Gasteiger partial charge in [0.15, 0.2) is 0 Å². The number of nitrogens with one attached hydrogen (secondary N) is 2. The molecule has 0 unspecified atom stereocenters. The van der Waals surface area contributed by atoms with E-state index in [1.54, 1.807) is 50.2 Å². The number of aromatic nitrogens is 2. The van der Waals surface area contributed by atoms with Crippen LogP contribution in [0.15, 0.2) is 63.6 Å². The molecule has 2 amide bonds. The van der Waals surface area contributed by atoms with Crippen molar-refractivity contribution in [3.8, 4) is 11.5 Å². The first kappa shape index (κ1) is 21.0. The first-order valence-electron chi connectivity index (χ1n) is 10.0. The molecule has 0 aliphatic rings. The molecule has 0 saturated heterocycles. The second-order valence-corrected chi connectivity index (χ2v) is 7.29. The van der Waals surface area contributed by atoms with E-state index in [-0.39, 0.29) is 18.4 Å². The number of rotatable bonds is 6. The lowest BCUT2D eigenvalue weighted by Gasteiger charge is -2.05. The molecule has 0 atom stereocenters. The third-order valence-electron chi connectivity index (χ3n) is 4.90. The van der Waals surface area contributed by atoms with Gasteiger partial charge in [0, 0.05) is 16.9 Å². The van der Waals surface area contributed by atoms with Crippen LogP contribution in [0.25, 0.3) is 11.5 Å². The van der Waals surface area contributed by atoms with Gasteiger partial charge in [0.25, 0.3) is 11.8 Å². The molecular formula is C24H22N4O4. The van der Waals surface area contributed by atoms with Crippen LogP contribution in [0.1, 0.15) is 43.8 Å². The second kappa shape index (κ2) is 8.89. The van der Waals surface area contributed by atoms with Gasteiger partial charge in [-0.1, -0.05) is 12.1 Å². The predicted octanol–water partition coefficient (Wildman–Crippen LogP) is 4.44. The maximum atomic E-state index is 12.4. The molecule has 8 heteroatoms. The summed E-state index contributed by atoms with van der Waals surface area (Å²) in [5.41, 5.74) is 3.51. The molecule has 1 aromatic carbocycles. The lowest BCUT2D eigenvalue weighted by molar-refractivity contribution is 0.0944. The number of carbonyl (C=O) groups is 2. The normalized spacial score (nSPS) is 10.7. The molecular weight excluding hydrogens is 408 g/mol. The Kier molecular flexibility index (Phi) is 5.85. The highest BCUT2D eigenvalue weighted by molar-refractivity contribution is 6.05. The number of hydrogen-bond acceptors (Lipinski definition) is 6. The molecule has 3 aromatic heterocycles. The van der Waals surface area contributed by atoms with Gasteiger partial charge in [0.05, 0.1) is 18.4 Å². The van der Waals surface area contributed by atoms with Crippen molar-refractivity contribution in [2.45, 2.75) is 27.3 Å². The minimum Gasteiger partial charge on any atom is -0.469 e.